The molecule has 0 N–H and O–H groups in total. The molecule has 3 aromatic rings. The van der Waals surface area contributed by atoms with Crippen LogP contribution in [0.3, 0.4) is 0 Å². The van der Waals surface area contributed by atoms with E-state index in [1.807, 2.05) is 35.7 Å². The second kappa shape index (κ2) is 4.14. The number of aldehydes is 1. The first kappa shape index (κ1) is 10.2. The zero-order valence-electron chi connectivity index (χ0n) is 8.92. The van der Waals surface area contributed by atoms with E-state index in [4.69, 9.17) is 4.42 Å². The molecule has 0 unspecified atom stereocenters. The van der Waals surface area contributed by atoms with Gasteiger partial charge in [-0.05, 0) is 5.56 Å². The first-order chi connectivity index (χ1) is 8.36. The van der Waals surface area contributed by atoms with E-state index in [0.29, 0.717) is 28.3 Å². The number of thiophene rings is 1. The Labute approximate surface area is 102 Å². The van der Waals surface area contributed by atoms with Crippen LogP contribution in [-0.4, -0.2) is 11.3 Å². The van der Waals surface area contributed by atoms with E-state index in [0.717, 1.165) is 11.8 Å². The number of benzene rings is 1. The topological polar surface area (TPSA) is 43.1 Å². The van der Waals surface area contributed by atoms with E-state index in [-0.39, 0.29) is 0 Å². The van der Waals surface area contributed by atoms with Crippen molar-refractivity contribution in [3.63, 3.8) is 0 Å². The molecule has 84 valence electrons. The van der Waals surface area contributed by atoms with Crippen molar-refractivity contribution in [3.8, 4) is 0 Å². The largest absolute Gasteiger partial charge is 0.439 e. The van der Waals surface area contributed by atoms with E-state index < -0.39 is 0 Å². The van der Waals surface area contributed by atoms with Crippen molar-refractivity contribution in [1.29, 1.82) is 0 Å². The van der Waals surface area contributed by atoms with Crippen LogP contribution in [0, 0.1) is 0 Å². The molecule has 3 rings (SSSR count). The van der Waals surface area contributed by atoms with Crippen LogP contribution in [-0.2, 0) is 6.42 Å². The Balaban J connectivity index is 1.96. The monoisotopic (exact) mass is 243 g/mol. The molecule has 0 aliphatic carbocycles. The van der Waals surface area contributed by atoms with Gasteiger partial charge in [0.05, 0.1) is 4.88 Å². The van der Waals surface area contributed by atoms with E-state index in [9.17, 15) is 4.79 Å². The molecule has 2 aromatic heterocycles. The maximum Gasteiger partial charge on any atom is 0.199 e. The summed E-state index contributed by atoms with van der Waals surface area (Å²) in [5, 5.41) is 1.82. The number of fused-ring (bicyclic) bond motifs is 1. The Morgan fingerprint density at radius 1 is 1.29 bits per heavy atom. The first-order valence-electron chi connectivity index (χ1n) is 5.23. The molecule has 0 aliphatic heterocycles. The number of hydrogen-bond acceptors (Lipinski definition) is 4. The molecule has 0 saturated heterocycles. The lowest BCUT2D eigenvalue weighted by molar-refractivity contribution is 0.112. The van der Waals surface area contributed by atoms with Gasteiger partial charge >= 0.3 is 0 Å². The minimum Gasteiger partial charge on any atom is -0.439 e. The van der Waals surface area contributed by atoms with Gasteiger partial charge in [0.15, 0.2) is 17.8 Å². The second-order valence-corrected chi connectivity index (χ2v) is 4.61. The molecule has 1 aromatic carbocycles. The molecule has 0 atom stereocenters. The fraction of sp³-hybridized carbons (Fsp3) is 0.0769. The van der Waals surface area contributed by atoms with Crippen LogP contribution in [0.25, 0.3) is 11.1 Å². The van der Waals surface area contributed by atoms with Crippen molar-refractivity contribution in [2.24, 2.45) is 0 Å². The molecule has 4 heteroatoms. The van der Waals surface area contributed by atoms with E-state index in [1.54, 1.807) is 0 Å². The maximum absolute atomic E-state index is 10.8. The molecule has 3 nitrogen and oxygen atoms in total. The van der Waals surface area contributed by atoms with Gasteiger partial charge in [0, 0.05) is 11.8 Å². The van der Waals surface area contributed by atoms with E-state index >= 15 is 0 Å². The number of carbonyl (C=O) groups excluding carboxylic acids is 1. The molecule has 0 spiro atoms. The predicted octanol–water partition coefficient (Wildman–Crippen LogP) is 3.29. The van der Waals surface area contributed by atoms with Gasteiger partial charge < -0.3 is 4.42 Å². The Kier molecular flexibility index (Phi) is 2.49. The Morgan fingerprint density at radius 3 is 2.88 bits per heavy atom. The lowest BCUT2D eigenvalue weighted by Gasteiger charge is -1.95. The number of aromatic nitrogens is 1. The quantitative estimate of drug-likeness (QED) is 0.663. The van der Waals surface area contributed by atoms with Crippen LogP contribution >= 0.6 is 11.3 Å². The normalized spacial score (nSPS) is 10.8. The zero-order chi connectivity index (χ0) is 11.7. The summed E-state index contributed by atoms with van der Waals surface area (Å²) in [6.07, 6.45) is 1.47. The van der Waals surface area contributed by atoms with Crippen LogP contribution in [0.5, 0.6) is 0 Å². The smallest absolute Gasteiger partial charge is 0.199 e. The highest BCUT2D eigenvalue weighted by Gasteiger charge is 2.11. The average Bonchev–Trinajstić information content (AvgIpc) is 2.89. The third-order valence-corrected chi connectivity index (χ3v) is 3.40. The summed E-state index contributed by atoms with van der Waals surface area (Å²) in [4.78, 5) is 15.8. The predicted molar refractivity (Wildman–Crippen MR) is 66.5 cm³/mol. The Morgan fingerprint density at radius 2 is 2.12 bits per heavy atom. The lowest BCUT2D eigenvalue weighted by atomic mass is 10.1. The summed E-state index contributed by atoms with van der Waals surface area (Å²) in [6.45, 7) is 0. The van der Waals surface area contributed by atoms with Gasteiger partial charge in [-0.15, -0.1) is 11.3 Å². The van der Waals surface area contributed by atoms with Crippen LogP contribution < -0.4 is 0 Å². The summed E-state index contributed by atoms with van der Waals surface area (Å²) in [5.41, 5.74) is 2.52. The fourth-order valence-electron chi connectivity index (χ4n) is 1.74. The van der Waals surface area contributed by atoms with Gasteiger partial charge in [-0.2, -0.15) is 0 Å². The molecule has 0 saturated carbocycles. The number of oxazole rings is 1. The standard InChI is InChI=1S/C13H9NO2S/c15-7-11-13-10(8-17-11)16-12(14-13)6-9-4-2-1-3-5-9/h1-5,7-8H,6H2. The molecular formula is C13H9NO2S. The minimum absolute atomic E-state index is 0.628. The second-order valence-electron chi connectivity index (χ2n) is 3.70. The highest BCUT2D eigenvalue weighted by molar-refractivity contribution is 7.13. The van der Waals surface area contributed by atoms with Gasteiger partial charge in [-0.25, -0.2) is 4.98 Å². The van der Waals surface area contributed by atoms with Crippen LogP contribution in [0.2, 0.25) is 0 Å². The van der Waals surface area contributed by atoms with Crippen molar-refractivity contribution in [2.75, 3.05) is 0 Å². The molecule has 0 radical (unpaired) electrons. The average molecular weight is 243 g/mol. The van der Waals surface area contributed by atoms with Crippen LogP contribution in [0.15, 0.2) is 40.1 Å². The maximum atomic E-state index is 10.8. The Bertz CT molecular complexity index is 654. The van der Waals surface area contributed by atoms with Gasteiger partial charge in [-0.3, -0.25) is 4.79 Å². The minimum atomic E-state index is 0.628. The van der Waals surface area contributed by atoms with Crippen LogP contribution in [0.4, 0.5) is 0 Å². The number of carbonyl (C=O) groups is 1. The molecule has 2 heterocycles. The van der Waals surface area contributed by atoms with Crippen molar-refractivity contribution < 1.29 is 9.21 Å². The molecule has 0 aliphatic rings. The fourth-order valence-corrected chi connectivity index (χ4v) is 2.44. The van der Waals surface area contributed by atoms with Crippen molar-refractivity contribution in [1.82, 2.24) is 4.98 Å². The van der Waals surface area contributed by atoms with Gasteiger partial charge in [0.1, 0.15) is 5.52 Å². The number of rotatable bonds is 3. The van der Waals surface area contributed by atoms with Gasteiger partial charge in [-0.1, -0.05) is 30.3 Å². The highest BCUT2D eigenvalue weighted by Crippen LogP contribution is 2.25. The molecule has 0 bridgehead atoms. The van der Waals surface area contributed by atoms with Crippen molar-refractivity contribution >= 4 is 28.7 Å². The van der Waals surface area contributed by atoms with Crippen molar-refractivity contribution in [3.05, 3.63) is 52.0 Å². The number of nitrogens with zero attached hydrogens (tertiary/aromatic N) is 1. The SMILES string of the molecule is O=Cc1scc2oc(Cc3ccccc3)nc12. The van der Waals surface area contributed by atoms with Gasteiger partial charge in [0.25, 0.3) is 0 Å². The van der Waals surface area contributed by atoms with Gasteiger partial charge in [0.2, 0.25) is 0 Å². The summed E-state index contributed by atoms with van der Waals surface area (Å²) < 4.78 is 5.59. The molecule has 0 amide bonds. The summed E-state index contributed by atoms with van der Waals surface area (Å²) >= 11 is 1.36. The first-order valence-corrected chi connectivity index (χ1v) is 6.11. The van der Waals surface area contributed by atoms with E-state index in [2.05, 4.69) is 4.98 Å². The Hall–Kier alpha value is -1.94. The summed E-state index contributed by atoms with van der Waals surface area (Å²) in [6, 6.07) is 9.99. The van der Waals surface area contributed by atoms with E-state index in [1.165, 1.54) is 11.3 Å². The lowest BCUT2D eigenvalue weighted by Crippen LogP contribution is -1.87. The molecule has 0 fully saturated rings. The number of hydrogen-bond donors (Lipinski definition) is 0. The third kappa shape index (κ3) is 1.87. The van der Waals surface area contributed by atoms with Crippen molar-refractivity contribution in [2.45, 2.75) is 6.42 Å². The molecule has 17 heavy (non-hydrogen) atoms. The zero-order valence-corrected chi connectivity index (χ0v) is 9.74. The molecular weight excluding hydrogens is 234 g/mol. The third-order valence-electron chi connectivity index (χ3n) is 2.53. The summed E-state index contributed by atoms with van der Waals surface area (Å²) in [7, 11) is 0. The summed E-state index contributed by atoms with van der Waals surface area (Å²) in [5.74, 6) is 0.650. The highest BCUT2D eigenvalue weighted by atomic mass is 32.1. The van der Waals surface area contributed by atoms with Crippen LogP contribution in [0.1, 0.15) is 21.1 Å².